The Morgan fingerprint density at radius 1 is 0.718 bits per heavy atom. The molecule has 8 nitrogen and oxygen atoms in total. The van der Waals surface area contributed by atoms with Crippen LogP contribution in [0.1, 0.15) is 64.8 Å². The zero-order valence-electron chi connectivity index (χ0n) is 23.7. The Morgan fingerprint density at radius 3 is 1.38 bits per heavy atom. The Hall–Kier alpha value is -3.68. The molecule has 4 atom stereocenters. The minimum Gasteiger partial charge on any atom is -0.477 e. The summed E-state index contributed by atoms with van der Waals surface area (Å²) in [6, 6.07) is 17.9. The van der Waals surface area contributed by atoms with E-state index in [1.807, 2.05) is 60.7 Å². The predicted molar refractivity (Wildman–Crippen MR) is 152 cm³/mol. The van der Waals surface area contributed by atoms with Crippen LogP contribution in [0.5, 0.6) is 0 Å². The lowest BCUT2D eigenvalue weighted by atomic mass is 9.89. The fourth-order valence-corrected chi connectivity index (χ4v) is 4.41. The molecule has 0 bridgehead atoms. The fraction of sp³-hybridized carbons (Fsp3) is 0.484. The first-order valence-electron chi connectivity index (χ1n) is 13.7. The first-order chi connectivity index (χ1) is 18.6. The van der Waals surface area contributed by atoms with Gasteiger partial charge in [-0.3, -0.25) is 9.59 Å². The van der Waals surface area contributed by atoms with Crippen LogP contribution in [0.4, 0.5) is 0 Å². The lowest BCUT2D eigenvalue weighted by Crippen LogP contribution is -2.51. The highest BCUT2D eigenvalue weighted by Gasteiger charge is 2.41. The van der Waals surface area contributed by atoms with E-state index >= 15 is 0 Å². The minimum absolute atomic E-state index is 0.0212. The van der Waals surface area contributed by atoms with Crippen molar-refractivity contribution in [1.82, 2.24) is 10.6 Å². The van der Waals surface area contributed by atoms with Gasteiger partial charge in [0.05, 0.1) is 12.1 Å². The molecule has 208 valence electrons. The smallest absolute Gasteiger partial charge is 0.236 e. The van der Waals surface area contributed by atoms with Crippen LogP contribution in [0, 0.1) is 17.3 Å². The number of ether oxygens (including phenoxy) is 2. The lowest BCUT2D eigenvalue weighted by Gasteiger charge is -2.28. The van der Waals surface area contributed by atoms with E-state index in [2.05, 4.69) is 38.3 Å². The molecule has 2 heterocycles. The number of hydrogen-bond donors (Lipinski definition) is 2. The Morgan fingerprint density at radius 2 is 1.08 bits per heavy atom. The first-order valence-corrected chi connectivity index (χ1v) is 13.7. The van der Waals surface area contributed by atoms with E-state index in [1.165, 1.54) is 0 Å². The number of amides is 2. The zero-order valence-corrected chi connectivity index (χ0v) is 23.7. The highest BCUT2D eigenvalue weighted by molar-refractivity contribution is 6.06. The van der Waals surface area contributed by atoms with Crippen LogP contribution in [-0.4, -0.2) is 48.9 Å². The molecule has 0 spiro atoms. The van der Waals surface area contributed by atoms with Crippen LogP contribution in [0.3, 0.4) is 0 Å². The number of carbonyl (C=O) groups is 2. The van der Waals surface area contributed by atoms with Gasteiger partial charge in [0, 0.05) is 0 Å². The molecule has 8 heteroatoms. The second-order valence-corrected chi connectivity index (χ2v) is 11.4. The van der Waals surface area contributed by atoms with Gasteiger partial charge in [0.15, 0.2) is 0 Å². The summed E-state index contributed by atoms with van der Waals surface area (Å²) in [6.07, 6.45) is 0. The van der Waals surface area contributed by atoms with Crippen LogP contribution in [-0.2, 0) is 19.1 Å². The molecule has 0 aliphatic carbocycles. The minimum atomic E-state index is -1.41. The first kappa shape index (κ1) is 28.3. The summed E-state index contributed by atoms with van der Waals surface area (Å²) < 4.78 is 11.9. The normalized spacial score (nSPS) is 20.5. The number of benzene rings is 2. The Balaban J connectivity index is 1.56. The Bertz CT molecular complexity index is 1110. The Labute approximate surface area is 231 Å². The van der Waals surface area contributed by atoms with E-state index in [-0.39, 0.29) is 12.1 Å². The molecule has 2 amide bonds. The molecule has 4 rings (SSSR count). The van der Waals surface area contributed by atoms with Crippen LogP contribution in [0.2, 0.25) is 0 Å². The molecule has 2 aromatic carbocycles. The monoisotopic (exact) mass is 532 g/mol. The number of nitrogens with zero attached hydrogens (tertiary/aromatic N) is 2. The van der Waals surface area contributed by atoms with Crippen LogP contribution < -0.4 is 10.6 Å². The molecule has 0 saturated carbocycles. The molecule has 2 aromatic rings. The molecule has 2 aliphatic heterocycles. The third-order valence-corrected chi connectivity index (χ3v) is 7.38. The maximum atomic E-state index is 13.7. The van der Waals surface area contributed by atoms with Gasteiger partial charge in [0.1, 0.15) is 30.7 Å². The van der Waals surface area contributed by atoms with E-state index in [9.17, 15) is 9.59 Å². The molecular formula is C31H40N4O4. The second kappa shape index (κ2) is 12.0. The quantitative estimate of drug-likeness (QED) is 0.436. The summed E-state index contributed by atoms with van der Waals surface area (Å²) in [4.78, 5) is 36.9. The van der Waals surface area contributed by atoms with Gasteiger partial charge in [0.25, 0.3) is 0 Å². The number of aliphatic imine (C=N–C) groups is 2. The van der Waals surface area contributed by atoms with Gasteiger partial charge in [-0.05, 0) is 36.8 Å². The van der Waals surface area contributed by atoms with E-state index in [1.54, 1.807) is 13.8 Å². The summed E-state index contributed by atoms with van der Waals surface area (Å²) >= 11 is 0. The SMILES string of the molecule is CC(C)[C@H]1COC([C@@H](NC(=O)C(C)(C)C(=O)N[C@H](C2=N[C@@H](C(C)C)CO2)c2ccccc2)c2ccccc2)=N1. The van der Waals surface area contributed by atoms with Gasteiger partial charge >= 0.3 is 0 Å². The van der Waals surface area contributed by atoms with Gasteiger partial charge in [-0.2, -0.15) is 0 Å². The average Bonchev–Trinajstić information content (AvgIpc) is 3.62. The van der Waals surface area contributed by atoms with Gasteiger partial charge < -0.3 is 20.1 Å². The van der Waals surface area contributed by atoms with Crippen molar-refractivity contribution in [2.45, 2.75) is 65.7 Å². The molecular weight excluding hydrogens is 492 g/mol. The van der Waals surface area contributed by atoms with Crippen molar-refractivity contribution < 1.29 is 19.1 Å². The van der Waals surface area contributed by atoms with Gasteiger partial charge in [0.2, 0.25) is 23.6 Å². The van der Waals surface area contributed by atoms with E-state index in [0.717, 1.165) is 11.1 Å². The number of rotatable bonds is 10. The molecule has 39 heavy (non-hydrogen) atoms. The maximum Gasteiger partial charge on any atom is 0.236 e. The largest absolute Gasteiger partial charge is 0.477 e. The van der Waals surface area contributed by atoms with Crippen molar-refractivity contribution in [1.29, 1.82) is 0 Å². The van der Waals surface area contributed by atoms with Crippen molar-refractivity contribution >= 4 is 23.6 Å². The topological polar surface area (TPSA) is 101 Å². The molecule has 0 unspecified atom stereocenters. The number of hydrogen-bond acceptors (Lipinski definition) is 6. The van der Waals surface area contributed by atoms with Gasteiger partial charge in [-0.15, -0.1) is 0 Å². The molecule has 0 saturated heterocycles. The third kappa shape index (κ3) is 6.49. The van der Waals surface area contributed by atoms with Crippen LogP contribution in [0.15, 0.2) is 70.6 Å². The standard InChI is InChI=1S/C31H40N4O4/c1-19(2)23-17-38-27(32-23)25(21-13-9-7-10-14-21)34-29(36)31(5,6)30(37)35-26(22-15-11-8-12-16-22)28-33-24(18-39-28)20(3)4/h7-16,19-20,23-26H,17-18H2,1-6H3,(H,34,36)(H,35,37)/t23-,24-,25+,26+/m1/s1. The molecule has 2 N–H and O–H groups in total. The molecule has 0 aromatic heterocycles. The fourth-order valence-electron chi connectivity index (χ4n) is 4.41. The summed E-state index contributed by atoms with van der Waals surface area (Å²) in [7, 11) is 0. The summed E-state index contributed by atoms with van der Waals surface area (Å²) in [5.74, 6) is 0.661. The molecule has 2 aliphatic rings. The van der Waals surface area contributed by atoms with Crippen molar-refractivity contribution in [3.8, 4) is 0 Å². The van der Waals surface area contributed by atoms with Crippen molar-refractivity contribution in [3.63, 3.8) is 0 Å². The summed E-state index contributed by atoms with van der Waals surface area (Å²) in [5, 5.41) is 6.09. The highest BCUT2D eigenvalue weighted by Crippen LogP contribution is 2.28. The average molecular weight is 533 g/mol. The van der Waals surface area contributed by atoms with Crippen LogP contribution >= 0.6 is 0 Å². The van der Waals surface area contributed by atoms with Crippen molar-refractivity contribution in [3.05, 3.63) is 71.8 Å². The highest BCUT2D eigenvalue weighted by atomic mass is 16.5. The summed E-state index contributed by atoms with van der Waals surface area (Å²) in [5.41, 5.74) is 0.259. The second-order valence-electron chi connectivity index (χ2n) is 11.4. The third-order valence-electron chi connectivity index (χ3n) is 7.38. The predicted octanol–water partition coefficient (Wildman–Crippen LogP) is 4.63. The van der Waals surface area contributed by atoms with Crippen molar-refractivity contribution in [2.75, 3.05) is 13.2 Å². The lowest BCUT2D eigenvalue weighted by molar-refractivity contribution is -0.141. The van der Waals surface area contributed by atoms with Gasteiger partial charge in [-0.25, -0.2) is 9.98 Å². The van der Waals surface area contributed by atoms with Crippen LogP contribution in [0.25, 0.3) is 0 Å². The number of carbonyl (C=O) groups excluding carboxylic acids is 2. The summed E-state index contributed by atoms with van der Waals surface area (Å²) in [6.45, 7) is 12.5. The molecule has 0 radical (unpaired) electrons. The molecule has 0 fully saturated rings. The van der Waals surface area contributed by atoms with Crippen molar-refractivity contribution in [2.24, 2.45) is 27.2 Å². The zero-order chi connectivity index (χ0) is 28.2. The van der Waals surface area contributed by atoms with E-state index in [0.29, 0.717) is 36.8 Å². The van der Waals surface area contributed by atoms with E-state index in [4.69, 9.17) is 19.5 Å². The number of nitrogens with one attached hydrogen (secondary N) is 2. The van der Waals surface area contributed by atoms with Gasteiger partial charge in [-0.1, -0.05) is 88.4 Å². The van der Waals surface area contributed by atoms with E-state index < -0.39 is 29.3 Å². The maximum absolute atomic E-state index is 13.7. The Kier molecular flexibility index (Phi) is 8.73.